The van der Waals surface area contributed by atoms with Crippen LogP contribution in [0.3, 0.4) is 0 Å². The van der Waals surface area contributed by atoms with Gasteiger partial charge in [-0.05, 0) is 12.1 Å². The lowest BCUT2D eigenvalue weighted by Crippen LogP contribution is -2.17. The van der Waals surface area contributed by atoms with Crippen molar-refractivity contribution in [1.82, 2.24) is 0 Å². The summed E-state index contributed by atoms with van der Waals surface area (Å²) in [4.78, 5) is 14.1. The summed E-state index contributed by atoms with van der Waals surface area (Å²) in [5.41, 5.74) is 0. The van der Waals surface area contributed by atoms with Crippen molar-refractivity contribution < 1.29 is 17.9 Å². The van der Waals surface area contributed by atoms with E-state index in [4.69, 9.17) is 6.57 Å². The topological polar surface area (TPSA) is 64.8 Å². The Morgan fingerprint density at radius 1 is 1.42 bits per heavy atom. The number of carbonyl (C=O) groups is 1. The van der Waals surface area contributed by atoms with E-state index in [1.165, 1.54) is 25.3 Å². The van der Waals surface area contributed by atoms with Gasteiger partial charge in [-0.1, -0.05) is 24.3 Å². The van der Waals surface area contributed by atoms with E-state index in [0.29, 0.717) is 0 Å². The van der Waals surface area contributed by atoms with Crippen LogP contribution in [0.1, 0.15) is 6.42 Å². The zero-order chi connectivity index (χ0) is 14.3. The number of nitrogens with zero attached hydrogens (tertiary/aromatic N) is 1. The summed E-state index contributed by atoms with van der Waals surface area (Å²) in [5, 5.41) is -1.24. The number of benzene rings is 1. The Hall–Kier alpha value is -2.13. The molecule has 0 heterocycles. The maximum absolute atomic E-state index is 12.1. The summed E-state index contributed by atoms with van der Waals surface area (Å²) < 4.78 is 28.7. The predicted octanol–water partition coefficient (Wildman–Crippen LogP) is 1.82. The monoisotopic (exact) mass is 279 g/mol. The molecule has 0 aromatic heterocycles. The zero-order valence-corrected chi connectivity index (χ0v) is 11.1. The van der Waals surface area contributed by atoms with Gasteiger partial charge in [0.1, 0.15) is 0 Å². The molecule has 1 atom stereocenters. The number of methoxy groups -OCH3 is 1. The molecule has 0 radical (unpaired) electrons. The van der Waals surface area contributed by atoms with Gasteiger partial charge in [-0.2, -0.15) is 0 Å². The van der Waals surface area contributed by atoms with Crippen LogP contribution in [0.5, 0.6) is 0 Å². The van der Waals surface area contributed by atoms with Crippen molar-refractivity contribution in [2.24, 2.45) is 0 Å². The molecule has 0 aliphatic rings. The second-order valence-corrected chi connectivity index (χ2v) is 5.71. The average molecular weight is 279 g/mol. The van der Waals surface area contributed by atoms with E-state index in [1.54, 1.807) is 18.2 Å². The van der Waals surface area contributed by atoms with Gasteiger partial charge in [0.25, 0.3) is 9.84 Å². The number of sulfone groups is 1. The fraction of sp³-hybridized carbons (Fsp3) is 0.231. The number of hydrogen-bond donors (Lipinski definition) is 0. The molecule has 0 spiro atoms. The minimum Gasteiger partial charge on any atom is -0.466 e. The summed E-state index contributed by atoms with van der Waals surface area (Å²) in [6, 6.07) is 7.77. The number of ether oxygens (including phenoxy) is 1. The number of hydrogen-bond acceptors (Lipinski definition) is 4. The molecule has 0 amide bonds. The summed E-state index contributed by atoms with van der Waals surface area (Å²) in [7, 11) is -2.49. The van der Waals surface area contributed by atoms with E-state index < -0.39 is 21.2 Å². The maximum atomic E-state index is 12.1. The molecule has 0 bridgehead atoms. The molecule has 0 N–H and O–H groups in total. The Labute approximate surface area is 112 Å². The summed E-state index contributed by atoms with van der Waals surface area (Å²) >= 11 is 0. The Morgan fingerprint density at radius 3 is 2.58 bits per heavy atom. The summed E-state index contributed by atoms with van der Waals surface area (Å²) in [6.45, 7) is 6.99. The first-order chi connectivity index (χ1) is 9.02. The molecule has 0 fully saturated rings. The Balaban J connectivity index is 2.90. The lowest BCUT2D eigenvalue weighted by atomic mass is 10.4. The SMILES string of the molecule is [C-]#[N+]C(C/C=C/C(=O)OC)S(=O)(=O)c1ccccc1. The van der Waals surface area contributed by atoms with Crippen LogP contribution in [-0.2, 0) is 19.4 Å². The molecule has 0 aliphatic carbocycles. The molecule has 19 heavy (non-hydrogen) atoms. The standard InChI is InChI=1S/C13H13NO4S/c1-14-12(9-6-10-13(15)18-2)19(16,17)11-7-4-3-5-8-11/h3-8,10,12H,9H2,2H3/b10-6+. The Bertz CT molecular complexity index is 599. The number of esters is 1. The molecule has 1 unspecified atom stereocenters. The van der Waals surface area contributed by atoms with E-state index >= 15 is 0 Å². The normalized spacial score (nSPS) is 12.8. The number of carbonyl (C=O) groups excluding carboxylic acids is 1. The first-order valence-corrected chi connectivity index (χ1v) is 6.97. The van der Waals surface area contributed by atoms with Crippen molar-refractivity contribution in [1.29, 1.82) is 0 Å². The van der Waals surface area contributed by atoms with Gasteiger partial charge in [-0.3, -0.25) is 4.85 Å². The molecular formula is C13H13NO4S. The highest BCUT2D eigenvalue weighted by molar-refractivity contribution is 7.92. The van der Waals surface area contributed by atoms with Gasteiger partial charge in [-0.25, -0.2) is 19.8 Å². The molecule has 0 saturated heterocycles. The lowest BCUT2D eigenvalue weighted by molar-refractivity contribution is -0.134. The molecule has 0 aliphatic heterocycles. The van der Waals surface area contributed by atoms with Crippen LogP contribution >= 0.6 is 0 Å². The minimum absolute atomic E-state index is 0.0597. The van der Waals surface area contributed by atoms with Crippen molar-refractivity contribution in [3.8, 4) is 0 Å². The van der Waals surface area contributed by atoms with Crippen molar-refractivity contribution in [2.75, 3.05) is 7.11 Å². The first-order valence-electron chi connectivity index (χ1n) is 5.42. The van der Waals surface area contributed by atoms with Crippen LogP contribution in [0.15, 0.2) is 47.4 Å². The smallest absolute Gasteiger partial charge is 0.330 e. The molecule has 5 nitrogen and oxygen atoms in total. The van der Waals surface area contributed by atoms with E-state index in [2.05, 4.69) is 9.58 Å². The van der Waals surface area contributed by atoms with Crippen LogP contribution < -0.4 is 0 Å². The molecule has 1 aromatic carbocycles. The van der Waals surface area contributed by atoms with Gasteiger partial charge in [0.2, 0.25) is 0 Å². The number of rotatable bonds is 5. The highest BCUT2D eigenvalue weighted by Gasteiger charge is 2.31. The molecule has 0 saturated carbocycles. The van der Waals surface area contributed by atoms with Gasteiger partial charge < -0.3 is 4.74 Å². The first kappa shape index (κ1) is 14.9. The van der Waals surface area contributed by atoms with Crippen molar-refractivity contribution in [3.63, 3.8) is 0 Å². The molecule has 6 heteroatoms. The van der Waals surface area contributed by atoms with Crippen LogP contribution in [0.4, 0.5) is 0 Å². The minimum atomic E-state index is -3.71. The van der Waals surface area contributed by atoms with Gasteiger partial charge in [0.05, 0.1) is 18.4 Å². The van der Waals surface area contributed by atoms with Crippen molar-refractivity contribution >= 4 is 15.8 Å². The highest BCUT2D eigenvalue weighted by atomic mass is 32.2. The fourth-order valence-electron chi connectivity index (χ4n) is 1.36. The highest BCUT2D eigenvalue weighted by Crippen LogP contribution is 2.19. The van der Waals surface area contributed by atoms with Gasteiger partial charge in [0.15, 0.2) is 0 Å². The lowest BCUT2D eigenvalue weighted by Gasteiger charge is -2.05. The predicted molar refractivity (Wildman–Crippen MR) is 69.8 cm³/mol. The van der Waals surface area contributed by atoms with Crippen molar-refractivity contribution in [2.45, 2.75) is 16.7 Å². The quantitative estimate of drug-likeness (QED) is 0.468. The maximum Gasteiger partial charge on any atom is 0.330 e. The molecule has 1 rings (SSSR count). The van der Waals surface area contributed by atoms with E-state index in [0.717, 1.165) is 6.08 Å². The van der Waals surface area contributed by atoms with Gasteiger partial charge >= 0.3 is 11.3 Å². The van der Waals surface area contributed by atoms with Crippen LogP contribution in [0, 0.1) is 6.57 Å². The molecule has 100 valence electrons. The third-order valence-corrected chi connectivity index (χ3v) is 4.31. The molecule has 1 aromatic rings. The fourth-order valence-corrected chi connectivity index (χ4v) is 2.72. The van der Waals surface area contributed by atoms with Crippen LogP contribution in [0.25, 0.3) is 4.85 Å². The third kappa shape index (κ3) is 3.93. The third-order valence-electron chi connectivity index (χ3n) is 2.37. The van der Waals surface area contributed by atoms with Gasteiger partial charge in [-0.15, -0.1) is 0 Å². The zero-order valence-electron chi connectivity index (χ0n) is 10.3. The largest absolute Gasteiger partial charge is 0.466 e. The van der Waals surface area contributed by atoms with Crippen molar-refractivity contribution in [3.05, 3.63) is 53.9 Å². The molecular weight excluding hydrogens is 266 g/mol. The van der Waals surface area contributed by atoms with E-state index in [-0.39, 0.29) is 11.3 Å². The Morgan fingerprint density at radius 2 is 2.05 bits per heavy atom. The second kappa shape index (κ2) is 6.71. The van der Waals surface area contributed by atoms with E-state index in [1.807, 2.05) is 0 Å². The van der Waals surface area contributed by atoms with Crippen LogP contribution in [-0.4, -0.2) is 26.9 Å². The second-order valence-electron chi connectivity index (χ2n) is 3.60. The van der Waals surface area contributed by atoms with Gasteiger partial charge in [0, 0.05) is 6.08 Å². The van der Waals surface area contributed by atoms with Crippen LogP contribution in [0.2, 0.25) is 0 Å². The average Bonchev–Trinajstić information content (AvgIpc) is 2.44. The Kier molecular flexibility index (Phi) is 5.27. The van der Waals surface area contributed by atoms with E-state index in [9.17, 15) is 13.2 Å². The summed E-state index contributed by atoms with van der Waals surface area (Å²) in [6.07, 6.45) is 2.38. The summed E-state index contributed by atoms with van der Waals surface area (Å²) in [5.74, 6) is -0.583.